The van der Waals surface area contributed by atoms with Gasteiger partial charge >= 0.3 is 11.9 Å². The van der Waals surface area contributed by atoms with Gasteiger partial charge in [0.2, 0.25) is 0 Å². The average Bonchev–Trinajstić information content (AvgIpc) is 2.93. The van der Waals surface area contributed by atoms with E-state index >= 15 is 4.39 Å². The van der Waals surface area contributed by atoms with Gasteiger partial charge in [0.25, 0.3) is 6.47 Å². The normalized spacial score (nSPS) is 10.3. The zero-order valence-electron chi connectivity index (χ0n) is 22.2. The van der Waals surface area contributed by atoms with Crippen LogP contribution in [0.25, 0.3) is 22.3 Å². The summed E-state index contributed by atoms with van der Waals surface area (Å²) in [6, 6.07) is 16.3. The molecule has 0 aliphatic carbocycles. The first-order valence-corrected chi connectivity index (χ1v) is 12.2. The Morgan fingerprint density at radius 1 is 0.725 bits per heavy atom. The van der Waals surface area contributed by atoms with Gasteiger partial charge in [-0.15, -0.1) is 0 Å². The molecule has 0 aliphatic heterocycles. The molecule has 0 unspecified atom stereocenters. The quantitative estimate of drug-likeness (QED) is 0.0833. The summed E-state index contributed by atoms with van der Waals surface area (Å²) < 4.78 is 41.5. The standard InChI is InChI=1S/C31H29FO8/c1-20(2)30(34)39-14-13-38-27-16-24(15-26(18-27)37-12-11-36-19-33)23-7-10-28(29(32)17-23)22-5-8-25(9-6-22)40-31(35)21(3)4/h5-10,15-19H,1,3,11-14H2,2,4H3. The Kier molecular flexibility index (Phi) is 10.6. The highest BCUT2D eigenvalue weighted by Gasteiger charge is 2.12. The van der Waals surface area contributed by atoms with Crippen LogP contribution in [-0.2, 0) is 23.9 Å². The van der Waals surface area contributed by atoms with Gasteiger partial charge in [-0.25, -0.2) is 14.0 Å². The number of rotatable bonds is 14. The van der Waals surface area contributed by atoms with Gasteiger partial charge in [-0.2, -0.15) is 0 Å². The molecule has 8 nitrogen and oxygen atoms in total. The maximum Gasteiger partial charge on any atom is 0.338 e. The molecule has 9 heteroatoms. The highest BCUT2D eigenvalue weighted by Crippen LogP contribution is 2.33. The lowest BCUT2D eigenvalue weighted by Crippen LogP contribution is -2.12. The average molecular weight is 549 g/mol. The van der Waals surface area contributed by atoms with E-state index in [0.717, 1.165) is 0 Å². The minimum absolute atomic E-state index is 0.00774. The molecule has 40 heavy (non-hydrogen) atoms. The van der Waals surface area contributed by atoms with Crippen molar-refractivity contribution in [2.75, 3.05) is 26.4 Å². The first-order chi connectivity index (χ1) is 19.2. The van der Waals surface area contributed by atoms with Gasteiger partial charge in [0, 0.05) is 22.8 Å². The Labute approximate surface area is 231 Å². The van der Waals surface area contributed by atoms with Crippen molar-refractivity contribution in [3.05, 3.63) is 90.8 Å². The second kappa shape index (κ2) is 14.3. The molecule has 0 amide bonds. The summed E-state index contributed by atoms with van der Waals surface area (Å²) in [6.45, 7) is 10.7. The van der Waals surface area contributed by atoms with Gasteiger partial charge in [-0.05, 0) is 60.9 Å². The van der Waals surface area contributed by atoms with E-state index in [4.69, 9.17) is 18.9 Å². The van der Waals surface area contributed by atoms with Crippen LogP contribution < -0.4 is 14.2 Å². The molecular weight excluding hydrogens is 519 g/mol. The van der Waals surface area contributed by atoms with Crippen LogP contribution in [0, 0.1) is 5.82 Å². The number of hydrogen-bond donors (Lipinski definition) is 0. The van der Waals surface area contributed by atoms with Crippen molar-refractivity contribution in [2.45, 2.75) is 13.8 Å². The Morgan fingerprint density at radius 2 is 1.32 bits per heavy atom. The first kappa shape index (κ1) is 29.6. The maximum atomic E-state index is 15.3. The molecule has 0 radical (unpaired) electrons. The molecule has 3 aromatic rings. The van der Waals surface area contributed by atoms with Crippen molar-refractivity contribution in [3.8, 4) is 39.5 Å². The highest BCUT2D eigenvalue weighted by molar-refractivity contribution is 5.89. The molecule has 0 N–H and O–H groups in total. The molecule has 3 rings (SSSR count). The van der Waals surface area contributed by atoms with E-state index in [-0.39, 0.29) is 37.6 Å². The fourth-order valence-corrected chi connectivity index (χ4v) is 3.40. The lowest BCUT2D eigenvalue weighted by molar-refractivity contribution is -0.139. The van der Waals surface area contributed by atoms with Crippen LogP contribution in [-0.4, -0.2) is 44.8 Å². The zero-order valence-corrected chi connectivity index (χ0v) is 22.2. The largest absolute Gasteiger partial charge is 0.490 e. The summed E-state index contributed by atoms with van der Waals surface area (Å²) in [5.41, 5.74) is 2.67. The van der Waals surface area contributed by atoms with E-state index in [2.05, 4.69) is 17.9 Å². The smallest absolute Gasteiger partial charge is 0.338 e. The molecule has 0 spiro atoms. The second-order valence-electron chi connectivity index (χ2n) is 8.66. The van der Waals surface area contributed by atoms with E-state index in [1.165, 1.54) is 6.07 Å². The number of benzene rings is 3. The summed E-state index contributed by atoms with van der Waals surface area (Å²) >= 11 is 0. The molecule has 0 fully saturated rings. The minimum atomic E-state index is -0.540. The molecule has 0 aromatic heterocycles. The number of halogens is 1. The SMILES string of the molecule is C=C(C)C(=O)OCCOc1cc(OCCOC=O)cc(-c2ccc(-c3ccc(OC(=O)C(=C)C)cc3)c(F)c2)c1. The Balaban J connectivity index is 1.80. The van der Waals surface area contributed by atoms with Gasteiger partial charge in [0.05, 0.1) is 0 Å². The number of carbonyl (C=O) groups excluding carboxylic acids is 3. The lowest BCUT2D eigenvalue weighted by atomic mass is 9.99. The number of hydrogen-bond acceptors (Lipinski definition) is 8. The molecule has 0 saturated carbocycles. The van der Waals surface area contributed by atoms with E-state index in [1.807, 2.05) is 0 Å². The minimum Gasteiger partial charge on any atom is -0.490 e. The summed E-state index contributed by atoms with van der Waals surface area (Å²) in [7, 11) is 0. The summed E-state index contributed by atoms with van der Waals surface area (Å²) in [6.07, 6.45) is 0. The van der Waals surface area contributed by atoms with Crippen molar-refractivity contribution in [1.29, 1.82) is 0 Å². The van der Waals surface area contributed by atoms with E-state index < -0.39 is 17.8 Å². The third-order valence-electron chi connectivity index (χ3n) is 5.38. The highest BCUT2D eigenvalue weighted by atomic mass is 19.1. The van der Waals surface area contributed by atoms with Crippen LogP contribution in [0.4, 0.5) is 4.39 Å². The van der Waals surface area contributed by atoms with Crippen LogP contribution in [0.15, 0.2) is 85.0 Å². The van der Waals surface area contributed by atoms with Gasteiger partial charge in [0.15, 0.2) is 0 Å². The van der Waals surface area contributed by atoms with Crippen LogP contribution >= 0.6 is 0 Å². The third kappa shape index (κ3) is 8.56. The fraction of sp³-hybridized carbons (Fsp3) is 0.194. The van der Waals surface area contributed by atoms with Crippen LogP contribution in [0.2, 0.25) is 0 Å². The van der Waals surface area contributed by atoms with Crippen LogP contribution in [0.3, 0.4) is 0 Å². The van der Waals surface area contributed by atoms with Crippen molar-refractivity contribution < 1.29 is 42.5 Å². The predicted octanol–water partition coefficient (Wildman–Crippen LogP) is 5.69. The molecule has 0 heterocycles. The Hall–Kier alpha value is -4.92. The topological polar surface area (TPSA) is 97.4 Å². The lowest BCUT2D eigenvalue weighted by Gasteiger charge is -2.14. The number of esters is 2. The van der Waals surface area contributed by atoms with Gasteiger partial charge in [0.1, 0.15) is 49.5 Å². The molecular formula is C31H29FO8. The molecule has 3 aromatic carbocycles. The fourth-order valence-electron chi connectivity index (χ4n) is 3.40. The second-order valence-corrected chi connectivity index (χ2v) is 8.66. The molecule has 0 bridgehead atoms. The molecule has 0 saturated heterocycles. The van der Waals surface area contributed by atoms with Gasteiger partial charge in [-0.3, -0.25) is 4.79 Å². The maximum absolute atomic E-state index is 15.3. The molecule has 0 atom stereocenters. The Bertz CT molecular complexity index is 1390. The summed E-state index contributed by atoms with van der Waals surface area (Å²) in [5, 5.41) is 0. The van der Waals surface area contributed by atoms with E-state index in [9.17, 15) is 14.4 Å². The van der Waals surface area contributed by atoms with Crippen LogP contribution in [0.5, 0.6) is 17.2 Å². The van der Waals surface area contributed by atoms with E-state index in [1.54, 1.807) is 68.4 Å². The molecule has 208 valence electrons. The summed E-state index contributed by atoms with van der Waals surface area (Å²) in [5.74, 6) is -0.392. The van der Waals surface area contributed by atoms with Gasteiger partial charge < -0.3 is 23.7 Å². The van der Waals surface area contributed by atoms with Crippen LogP contribution in [0.1, 0.15) is 13.8 Å². The van der Waals surface area contributed by atoms with Crippen molar-refractivity contribution in [1.82, 2.24) is 0 Å². The van der Waals surface area contributed by atoms with Gasteiger partial charge in [-0.1, -0.05) is 37.4 Å². The monoisotopic (exact) mass is 548 g/mol. The van der Waals surface area contributed by atoms with E-state index in [0.29, 0.717) is 46.0 Å². The van der Waals surface area contributed by atoms with Crippen molar-refractivity contribution in [2.24, 2.45) is 0 Å². The predicted molar refractivity (Wildman–Crippen MR) is 146 cm³/mol. The summed E-state index contributed by atoms with van der Waals surface area (Å²) in [4.78, 5) is 33.7. The number of carbonyl (C=O) groups is 3. The third-order valence-corrected chi connectivity index (χ3v) is 5.38. The number of ether oxygens (including phenoxy) is 5. The zero-order chi connectivity index (χ0) is 29.1. The first-order valence-electron chi connectivity index (χ1n) is 12.2. The Morgan fingerprint density at radius 3 is 1.90 bits per heavy atom. The molecule has 0 aliphatic rings. The van der Waals surface area contributed by atoms with Crippen molar-refractivity contribution in [3.63, 3.8) is 0 Å². The van der Waals surface area contributed by atoms with Crippen molar-refractivity contribution >= 4 is 18.4 Å².